The van der Waals surface area contributed by atoms with E-state index in [-0.39, 0.29) is 23.9 Å². The standard InChI is InChI=1S/C21H24ClN3O3/c22-17-7-2-1-6-16(17)18-8-9-19(26)25(23-18)14-20(27)24-12-11-21(28)10-4-3-5-15(21)13-24/h1-2,6-9,15,28H,3-5,10-14H2/t15-,21+/m0/s1. The van der Waals surface area contributed by atoms with Gasteiger partial charge in [-0.3, -0.25) is 9.59 Å². The third-order valence-electron chi connectivity index (χ3n) is 6.08. The average molecular weight is 402 g/mol. The lowest BCUT2D eigenvalue weighted by Gasteiger charge is -2.47. The Morgan fingerprint density at radius 3 is 2.86 bits per heavy atom. The minimum atomic E-state index is -0.631. The Kier molecular flexibility index (Phi) is 5.25. The van der Waals surface area contributed by atoms with Crippen molar-refractivity contribution in [1.82, 2.24) is 14.7 Å². The second-order valence-corrected chi connectivity index (χ2v) is 8.24. The van der Waals surface area contributed by atoms with Gasteiger partial charge in [0.1, 0.15) is 6.54 Å². The lowest BCUT2D eigenvalue weighted by atomic mass is 9.71. The molecule has 1 N–H and O–H groups in total. The van der Waals surface area contributed by atoms with Gasteiger partial charge in [0.2, 0.25) is 5.91 Å². The van der Waals surface area contributed by atoms with Gasteiger partial charge in [-0.15, -0.1) is 0 Å². The van der Waals surface area contributed by atoms with Crippen LogP contribution in [0.15, 0.2) is 41.2 Å². The molecule has 7 heteroatoms. The van der Waals surface area contributed by atoms with Crippen molar-refractivity contribution in [1.29, 1.82) is 0 Å². The van der Waals surface area contributed by atoms with Crippen LogP contribution < -0.4 is 5.56 Å². The van der Waals surface area contributed by atoms with E-state index < -0.39 is 5.60 Å². The SMILES string of the molecule is O=C(Cn1nc(-c2ccccc2Cl)ccc1=O)N1CC[C@]2(O)CCCC[C@H]2C1. The maximum absolute atomic E-state index is 12.8. The quantitative estimate of drug-likeness (QED) is 0.858. The zero-order valence-electron chi connectivity index (χ0n) is 15.7. The highest BCUT2D eigenvalue weighted by atomic mass is 35.5. The smallest absolute Gasteiger partial charge is 0.267 e. The first-order valence-electron chi connectivity index (χ1n) is 9.79. The number of carbonyl (C=O) groups is 1. The van der Waals surface area contributed by atoms with Crippen LogP contribution in [-0.2, 0) is 11.3 Å². The highest BCUT2D eigenvalue weighted by Gasteiger charge is 2.43. The zero-order valence-corrected chi connectivity index (χ0v) is 16.4. The predicted octanol–water partition coefficient (Wildman–Crippen LogP) is 2.72. The molecular formula is C21H24ClN3O3. The van der Waals surface area contributed by atoms with Gasteiger partial charge in [0.25, 0.3) is 5.56 Å². The summed E-state index contributed by atoms with van der Waals surface area (Å²) in [4.78, 5) is 26.8. The molecule has 1 aliphatic heterocycles. The van der Waals surface area contributed by atoms with E-state index in [1.54, 1.807) is 17.0 Å². The van der Waals surface area contributed by atoms with Crippen LogP contribution >= 0.6 is 11.6 Å². The average Bonchev–Trinajstić information content (AvgIpc) is 2.69. The van der Waals surface area contributed by atoms with Crippen molar-refractivity contribution in [2.24, 2.45) is 5.92 Å². The normalized spacial score (nSPS) is 24.6. The first-order valence-corrected chi connectivity index (χ1v) is 10.2. The van der Waals surface area contributed by atoms with Crippen molar-refractivity contribution in [3.05, 3.63) is 51.8 Å². The fourth-order valence-electron chi connectivity index (χ4n) is 4.40. The molecule has 28 heavy (non-hydrogen) atoms. The summed E-state index contributed by atoms with van der Waals surface area (Å²) >= 11 is 6.23. The molecule has 1 saturated heterocycles. The fourth-order valence-corrected chi connectivity index (χ4v) is 4.63. The Balaban J connectivity index is 1.51. The van der Waals surface area contributed by atoms with Gasteiger partial charge in [0.05, 0.1) is 16.3 Å². The maximum atomic E-state index is 12.8. The second kappa shape index (κ2) is 7.68. The predicted molar refractivity (Wildman–Crippen MR) is 107 cm³/mol. The van der Waals surface area contributed by atoms with E-state index in [9.17, 15) is 14.7 Å². The molecular weight excluding hydrogens is 378 g/mol. The van der Waals surface area contributed by atoms with Crippen LogP contribution in [0.1, 0.15) is 32.1 Å². The third kappa shape index (κ3) is 3.71. The number of benzene rings is 1. The molecule has 2 heterocycles. The summed E-state index contributed by atoms with van der Waals surface area (Å²) in [6.45, 7) is 0.960. The topological polar surface area (TPSA) is 75.4 Å². The van der Waals surface area contributed by atoms with Gasteiger partial charge in [0, 0.05) is 30.6 Å². The number of likely N-dealkylation sites (tertiary alicyclic amines) is 1. The summed E-state index contributed by atoms with van der Waals surface area (Å²) in [6.07, 6.45) is 4.51. The fraction of sp³-hybridized carbons (Fsp3) is 0.476. The van der Waals surface area contributed by atoms with Gasteiger partial charge in [-0.05, 0) is 31.4 Å². The molecule has 148 valence electrons. The lowest BCUT2D eigenvalue weighted by molar-refractivity contribution is -0.144. The Labute approximate surface area is 168 Å². The van der Waals surface area contributed by atoms with E-state index in [1.165, 1.54) is 10.7 Å². The highest BCUT2D eigenvalue weighted by molar-refractivity contribution is 6.33. The molecule has 2 aromatic rings. The molecule has 0 spiro atoms. The number of piperidine rings is 1. The molecule has 1 saturated carbocycles. The molecule has 1 aliphatic carbocycles. The van der Waals surface area contributed by atoms with E-state index in [0.29, 0.717) is 30.2 Å². The van der Waals surface area contributed by atoms with Gasteiger partial charge in [0.15, 0.2) is 0 Å². The second-order valence-electron chi connectivity index (χ2n) is 7.83. The van der Waals surface area contributed by atoms with Crippen molar-refractivity contribution in [2.75, 3.05) is 13.1 Å². The van der Waals surface area contributed by atoms with E-state index >= 15 is 0 Å². The molecule has 2 aliphatic rings. The number of rotatable bonds is 3. The summed E-state index contributed by atoms with van der Waals surface area (Å²) in [5.74, 6) is -0.0170. The molecule has 2 atom stereocenters. The first kappa shape index (κ1) is 19.2. The number of carbonyl (C=O) groups excluding carboxylic acids is 1. The minimum Gasteiger partial charge on any atom is -0.389 e. The van der Waals surface area contributed by atoms with E-state index in [4.69, 9.17) is 11.6 Å². The zero-order chi connectivity index (χ0) is 19.7. The Hall–Kier alpha value is -2.18. The molecule has 0 bridgehead atoms. The van der Waals surface area contributed by atoms with Crippen LogP contribution in [0.3, 0.4) is 0 Å². The van der Waals surface area contributed by atoms with Crippen LogP contribution in [-0.4, -0.2) is 44.4 Å². The Morgan fingerprint density at radius 1 is 1.21 bits per heavy atom. The van der Waals surface area contributed by atoms with Gasteiger partial charge in [-0.25, -0.2) is 4.68 Å². The minimum absolute atomic E-state index is 0.109. The number of hydrogen-bond acceptors (Lipinski definition) is 4. The largest absolute Gasteiger partial charge is 0.389 e. The van der Waals surface area contributed by atoms with E-state index in [1.807, 2.05) is 18.2 Å². The summed E-state index contributed by atoms with van der Waals surface area (Å²) < 4.78 is 1.20. The maximum Gasteiger partial charge on any atom is 0.267 e. The lowest BCUT2D eigenvalue weighted by Crippen LogP contribution is -2.55. The van der Waals surface area contributed by atoms with Crippen molar-refractivity contribution >= 4 is 17.5 Å². The van der Waals surface area contributed by atoms with Gasteiger partial charge in [-0.1, -0.05) is 42.6 Å². The summed E-state index contributed by atoms with van der Waals surface area (Å²) in [6, 6.07) is 10.3. The number of nitrogens with zero attached hydrogens (tertiary/aromatic N) is 3. The number of hydrogen-bond donors (Lipinski definition) is 1. The number of fused-ring (bicyclic) bond motifs is 1. The molecule has 1 amide bonds. The van der Waals surface area contributed by atoms with Crippen molar-refractivity contribution in [3.8, 4) is 11.3 Å². The van der Waals surface area contributed by atoms with Crippen LogP contribution in [0.2, 0.25) is 5.02 Å². The molecule has 1 aromatic heterocycles. The third-order valence-corrected chi connectivity index (χ3v) is 6.41. The summed E-state index contributed by atoms with van der Waals surface area (Å²) in [5, 5.41) is 15.7. The molecule has 4 rings (SSSR count). The Bertz CT molecular complexity index is 944. The van der Waals surface area contributed by atoms with Crippen LogP contribution in [0.4, 0.5) is 0 Å². The van der Waals surface area contributed by atoms with E-state index in [2.05, 4.69) is 5.10 Å². The number of halogens is 1. The van der Waals surface area contributed by atoms with Crippen molar-refractivity contribution < 1.29 is 9.90 Å². The Morgan fingerprint density at radius 2 is 2.04 bits per heavy atom. The monoisotopic (exact) mass is 401 g/mol. The first-order chi connectivity index (χ1) is 13.5. The van der Waals surface area contributed by atoms with Crippen LogP contribution in [0.5, 0.6) is 0 Å². The van der Waals surface area contributed by atoms with Gasteiger partial charge < -0.3 is 10.0 Å². The highest BCUT2D eigenvalue weighted by Crippen LogP contribution is 2.39. The van der Waals surface area contributed by atoms with Crippen molar-refractivity contribution in [3.63, 3.8) is 0 Å². The molecule has 0 unspecified atom stereocenters. The van der Waals surface area contributed by atoms with Crippen molar-refractivity contribution in [2.45, 2.75) is 44.2 Å². The van der Waals surface area contributed by atoms with E-state index in [0.717, 1.165) is 31.2 Å². The van der Waals surface area contributed by atoms with Crippen LogP contribution in [0, 0.1) is 5.92 Å². The van der Waals surface area contributed by atoms with Gasteiger partial charge >= 0.3 is 0 Å². The number of aliphatic hydroxyl groups is 1. The van der Waals surface area contributed by atoms with Gasteiger partial charge in [-0.2, -0.15) is 5.10 Å². The summed E-state index contributed by atoms with van der Waals surface area (Å²) in [5.41, 5.74) is 0.318. The molecule has 1 aromatic carbocycles. The summed E-state index contributed by atoms with van der Waals surface area (Å²) in [7, 11) is 0. The molecule has 6 nitrogen and oxygen atoms in total. The number of aromatic nitrogens is 2. The van der Waals surface area contributed by atoms with Crippen LogP contribution in [0.25, 0.3) is 11.3 Å². The number of amides is 1. The molecule has 2 fully saturated rings. The molecule has 0 radical (unpaired) electrons.